The molecule has 1 aromatic heterocycles. The lowest BCUT2D eigenvalue weighted by Gasteiger charge is -2.29. The van der Waals surface area contributed by atoms with E-state index in [9.17, 15) is 9.59 Å². The molecule has 0 unspecified atom stereocenters. The van der Waals surface area contributed by atoms with Crippen LogP contribution in [0, 0.1) is 0 Å². The van der Waals surface area contributed by atoms with E-state index in [-0.39, 0.29) is 31.4 Å². The SMILES string of the molecule is O=C(CCN1C(=O)COc2ccccc21)Nc1ccnn1Cc1ccc(Br)cc1. The summed E-state index contributed by atoms with van der Waals surface area (Å²) in [6.45, 7) is 0.815. The first-order valence-electron chi connectivity index (χ1n) is 9.18. The number of carbonyl (C=O) groups excluding carboxylic acids is 2. The summed E-state index contributed by atoms with van der Waals surface area (Å²) in [5.41, 5.74) is 1.76. The summed E-state index contributed by atoms with van der Waals surface area (Å²) in [5.74, 6) is 0.933. The summed E-state index contributed by atoms with van der Waals surface area (Å²) in [7, 11) is 0. The first kappa shape index (κ1) is 19.2. The molecule has 1 N–H and O–H groups in total. The number of hydrogen-bond donors (Lipinski definition) is 1. The van der Waals surface area contributed by atoms with Gasteiger partial charge in [-0.2, -0.15) is 5.10 Å². The van der Waals surface area contributed by atoms with Crippen molar-refractivity contribution >= 4 is 39.2 Å². The summed E-state index contributed by atoms with van der Waals surface area (Å²) >= 11 is 3.42. The molecule has 2 heterocycles. The Morgan fingerprint density at radius 3 is 2.76 bits per heavy atom. The van der Waals surface area contributed by atoms with Crippen molar-refractivity contribution in [3.05, 3.63) is 70.8 Å². The molecule has 4 rings (SSSR count). The fraction of sp³-hybridized carbons (Fsp3) is 0.190. The van der Waals surface area contributed by atoms with Crippen LogP contribution in [0.1, 0.15) is 12.0 Å². The van der Waals surface area contributed by atoms with Gasteiger partial charge in [-0.25, -0.2) is 4.68 Å². The van der Waals surface area contributed by atoms with Gasteiger partial charge in [-0.15, -0.1) is 0 Å². The number of carbonyl (C=O) groups is 2. The van der Waals surface area contributed by atoms with Crippen molar-refractivity contribution in [3.8, 4) is 5.75 Å². The van der Waals surface area contributed by atoms with Crippen molar-refractivity contribution in [2.45, 2.75) is 13.0 Å². The normalized spacial score (nSPS) is 13.0. The minimum absolute atomic E-state index is 0.0153. The fourth-order valence-corrected chi connectivity index (χ4v) is 3.41. The third-order valence-electron chi connectivity index (χ3n) is 4.60. The Labute approximate surface area is 176 Å². The summed E-state index contributed by atoms with van der Waals surface area (Å²) in [4.78, 5) is 26.3. The zero-order valence-corrected chi connectivity index (χ0v) is 17.1. The molecule has 29 heavy (non-hydrogen) atoms. The van der Waals surface area contributed by atoms with Crippen LogP contribution in [0.15, 0.2) is 65.3 Å². The Morgan fingerprint density at radius 1 is 1.14 bits per heavy atom. The van der Waals surface area contributed by atoms with Crippen LogP contribution >= 0.6 is 15.9 Å². The molecule has 0 aliphatic carbocycles. The quantitative estimate of drug-likeness (QED) is 0.618. The maximum absolute atomic E-state index is 12.5. The molecule has 148 valence electrons. The van der Waals surface area contributed by atoms with Gasteiger partial charge in [0.2, 0.25) is 5.91 Å². The van der Waals surface area contributed by atoms with Crippen LogP contribution in [-0.4, -0.2) is 34.7 Å². The first-order valence-corrected chi connectivity index (χ1v) is 9.98. The van der Waals surface area contributed by atoms with Gasteiger partial charge in [0.15, 0.2) is 6.61 Å². The summed E-state index contributed by atoms with van der Waals surface area (Å²) in [6.07, 6.45) is 1.82. The number of benzene rings is 2. The molecule has 3 aromatic rings. The van der Waals surface area contributed by atoms with Gasteiger partial charge in [0.05, 0.1) is 18.4 Å². The first-order chi connectivity index (χ1) is 14.1. The second-order valence-electron chi connectivity index (χ2n) is 6.60. The van der Waals surface area contributed by atoms with Crippen molar-refractivity contribution in [2.75, 3.05) is 23.4 Å². The minimum Gasteiger partial charge on any atom is -0.482 e. The van der Waals surface area contributed by atoms with E-state index in [1.807, 2.05) is 48.5 Å². The van der Waals surface area contributed by atoms with Crippen LogP contribution in [0.3, 0.4) is 0 Å². The lowest BCUT2D eigenvalue weighted by atomic mass is 10.2. The van der Waals surface area contributed by atoms with E-state index in [1.165, 1.54) is 0 Å². The number of hydrogen-bond acceptors (Lipinski definition) is 4. The molecule has 0 radical (unpaired) electrons. The van der Waals surface area contributed by atoms with Gasteiger partial charge in [0, 0.05) is 23.5 Å². The van der Waals surface area contributed by atoms with Crippen molar-refractivity contribution in [2.24, 2.45) is 0 Å². The zero-order valence-electron chi connectivity index (χ0n) is 15.5. The molecule has 0 saturated heterocycles. The Morgan fingerprint density at radius 2 is 1.93 bits per heavy atom. The lowest BCUT2D eigenvalue weighted by molar-refractivity contribution is -0.121. The fourth-order valence-electron chi connectivity index (χ4n) is 3.15. The molecule has 1 aliphatic heterocycles. The van der Waals surface area contributed by atoms with Gasteiger partial charge in [-0.1, -0.05) is 40.2 Å². The number of ether oxygens (including phenoxy) is 1. The minimum atomic E-state index is -0.181. The number of halogens is 1. The number of fused-ring (bicyclic) bond motifs is 1. The van der Waals surface area contributed by atoms with E-state index < -0.39 is 0 Å². The Hall–Kier alpha value is -3.13. The van der Waals surface area contributed by atoms with Crippen LogP contribution in [0.25, 0.3) is 0 Å². The second kappa shape index (κ2) is 8.48. The standard InChI is InChI=1S/C21H19BrN4O3/c22-16-7-5-15(6-8-16)13-26-19(9-11-23-26)24-20(27)10-12-25-17-3-1-2-4-18(17)29-14-21(25)28/h1-9,11H,10,12-14H2,(H,24,27). The highest BCUT2D eigenvalue weighted by atomic mass is 79.9. The largest absolute Gasteiger partial charge is 0.482 e. The molecule has 0 atom stereocenters. The Bertz CT molecular complexity index is 1030. The topological polar surface area (TPSA) is 76.5 Å². The highest BCUT2D eigenvalue weighted by Crippen LogP contribution is 2.31. The number of anilines is 2. The van der Waals surface area contributed by atoms with E-state index in [2.05, 4.69) is 26.3 Å². The summed E-state index contributed by atoms with van der Waals surface area (Å²) in [6, 6.07) is 17.0. The van der Waals surface area contributed by atoms with Gasteiger partial charge < -0.3 is 15.0 Å². The second-order valence-corrected chi connectivity index (χ2v) is 7.52. The van der Waals surface area contributed by atoms with Crippen molar-refractivity contribution < 1.29 is 14.3 Å². The number of nitrogens with one attached hydrogen (secondary N) is 1. The summed E-state index contributed by atoms with van der Waals surface area (Å²) in [5, 5.41) is 7.17. The molecular formula is C21H19BrN4O3. The van der Waals surface area contributed by atoms with Crippen LogP contribution < -0.4 is 15.0 Å². The van der Waals surface area contributed by atoms with Crippen molar-refractivity contribution in [1.82, 2.24) is 9.78 Å². The van der Waals surface area contributed by atoms with Gasteiger partial charge >= 0.3 is 0 Å². The van der Waals surface area contributed by atoms with E-state index in [0.29, 0.717) is 23.8 Å². The lowest BCUT2D eigenvalue weighted by Crippen LogP contribution is -2.40. The number of para-hydroxylation sites is 2. The van der Waals surface area contributed by atoms with E-state index in [0.717, 1.165) is 10.0 Å². The van der Waals surface area contributed by atoms with Crippen LogP contribution in [0.5, 0.6) is 5.75 Å². The predicted molar refractivity (Wildman–Crippen MR) is 113 cm³/mol. The molecule has 0 bridgehead atoms. The highest BCUT2D eigenvalue weighted by molar-refractivity contribution is 9.10. The highest BCUT2D eigenvalue weighted by Gasteiger charge is 2.25. The van der Waals surface area contributed by atoms with Crippen LogP contribution in [0.4, 0.5) is 11.5 Å². The number of aromatic nitrogens is 2. The maximum atomic E-state index is 12.5. The summed E-state index contributed by atoms with van der Waals surface area (Å²) < 4.78 is 8.17. The van der Waals surface area contributed by atoms with E-state index >= 15 is 0 Å². The number of nitrogens with zero attached hydrogens (tertiary/aromatic N) is 3. The van der Waals surface area contributed by atoms with Crippen LogP contribution in [-0.2, 0) is 16.1 Å². The molecular weight excluding hydrogens is 436 g/mol. The smallest absolute Gasteiger partial charge is 0.265 e. The number of amides is 2. The monoisotopic (exact) mass is 454 g/mol. The van der Waals surface area contributed by atoms with Gasteiger partial charge in [-0.05, 0) is 29.8 Å². The molecule has 0 fully saturated rings. The Balaban J connectivity index is 1.38. The predicted octanol–water partition coefficient (Wildman–Crippen LogP) is 3.45. The average molecular weight is 455 g/mol. The van der Waals surface area contributed by atoms with E-state index in [4.69, 9.17) is 4.74 Å². The van der Waals surface area contributed by atoms with Crippen molar-refractivity contribution in [1.29, 1.82) is 0 Å². The third kappa shape index (κ3) is 4.48. The van der Waals surface area contributed by atoms with Gasteiger partial charge in [0.1, 0.15) is 11.6 Å². The molecule has 0 spiro atoms. The van der Waals surface area contributed by atoms with Gasteiger partial charge in [0.25, 0.3) is 5.91 Å². The Kier molecular flexibility index (Phi) is 5.62. The van der Waals surface area contributed by atoms with Gasteiger partial charge in [-0.3, -0.25) is 9.59 Å². The molecule has 7 nitrogen and oxygen atoms in total. The average Bonchev–Trinajstić information content (AvgIpc) is 3.15. The van der Waals surface area contributed by atoms with E-state index in [1.54, 1.807) is 21.8 Å². The molecule has 8 heteroatoms. The molecule has 2 aromatic carbocycles. The zero-order chi connectivity index (χ0) is 20.2. The third-order valence-corrected chi connectivity index (χ3v) is 5.13. The molecule has 1 aliphatic rings. The molecule has 0 saturated carbocycles. The van der Waals surface area contributed by atoms with Crippen molar-refractivity contribution in [3.63, 3.8) is 0 Å². The molecule has 2 amide bonds. The maximum Gasteiger partial charge on any atom is 0.265 e. The van der Waals surface area contributed by atoms with Crippen LogP contribution in [0.2, 0.25) is 0 Å². The number of rotatable bonds is 6.